The van der Waals surface area contributed by atoms with Crippen molar-refractivity contribution in [3.63, 3.8) is 0 Å². The van der Waals surface area contributed by atoms with Gasteiger partial charge in [0.05, 0.1) is 36.8 Å². The van der Waals surface area contributed by atoms with Crippen LogP contribution in [0.15, 0.2) is 30.3 Å². The van der Waals surface area contributed by atoms with Crippen molar-refractivity contribution in [3.8, 4) is 5.75 Å². The van der Waals surface area contributed by atoms with E-state index in [0.29, 0.717) is 26.3 Å². The Bertz CT molecular complexity index is 1070. The van der Waals surface area contributed by atoms with Gasteiger partial charge in [-0.3, -0.25) is 14.7 Å². The minimum absolute atomic E-state index is 0.0443. The molecule has 0 aliphatic carbocycles. The maximum absolute atomic E-state index is 12.4. The molecule has 38 heavy (non-hydrogen) atoms. The predicted octanol–water partition coefficient (Wildman–Crippen LogP) is 5.00. The highest BCUT2D eigenvalue weighted by atomic mass is 16.5. The number of nitrogens with one attached hydrogen (secondary N) is 1. The van der Waals surface area contributed by atoms with Gasteiger partial charge in [0.2, 0.25) is 0 Å². The third-order valence-corrected chi connectivity index (χ3v) is 7.19. The molecule has 8 nitrogen and oxygen atoms in total. The van der Waals surface area contributed by atoms with E-state index in [2.05, 4.69) is 5.32 Å². The summed E-state index contributed by atoms with van der Waals surface area (Å²) in [4.78, 5) is 19.3. The molecule has 1 fully saturated rings. The number of likely N-dealkylation sites (tertiary alicyclic amines) is 1. The maximum atomic E-state index is 12.4. The number of anilines is 1. The number of aliphatic carboxylic acids is 1. The van der Waals surface area contributed by atoms with E-state index in [1.54, 1.807) is 7.11 Å². The normalized spacial score (nSPS) is 18.6. The van der Waals surface area contributed by atoms with Crippen molar-refractivity contribution in [1.82, 2.24) is 9.88 Å². The minimum atomic E-state index is -0.836. The van der Waals surface area contributed by atoms with Gasteiger partial charge in [0.25, 0.3) is 0 Å². The van der Waals surface area contributed by atoms with Crippen molar-refractivity contribution < 1.29 is 24.1 Å². The number of benzene rings is 1. The average Bonchev–Trinajstić information content (AvgIpc) is 3.35. The summed E-state index contributed by atoms with van der Waals surface area (Å²) in [6.07, 6.45) is 5.77. The van der Waals surface area contributed by atoms with E-state index in [9.17, 15) is 9.90 Å². The molecule has 2 aromatic rings. The van der Waals surface area contributed by atoms with Crippen molar-refractivity contribution in [2.75, 3.05) is 38.7 Å². The van der Waals surface area contributed by atoms with Crippen LogP contribution < -0.4 is 10.1 Å². The molecule has 2 aliphatic rings. The highest BCUT2D eigenvalue weighted by Gasteiger charge is 2.35. The second kappa shape index (κ2) is 12.9. The summed E-state index contributed by atoms with van der Waals surface area (Å²) in [5.74, 6) is 0.0450. The fraction of sp³-hybridized carbons (Fsp3) is 0.600. The lowest BCUT2D eigenvalue weighted by Gasteiger charge is -2.27. The summed E-state index contributed by atoms with van der Waals surface area (Å²) < 4.78 is 17.7. The number of carboxylic acids is 1. The maximum Gasteiger partial charge on any atom is 0.325 e. The van der Waals surface area contributed by atoms with Gasteiger partial charge in [-0.1, -0.05) is 24.3 Å². The van der Waals surface area contributed by atoms with Crippen LogP contribution in [0.2, 0.25) is 0 Å². The zero-order valence-electron chi connectivity index (χ0n) is 23.3. The van der Waals surface area contributed by atoms with Crippen LogP contribution in [0, 0.1) is 0 Å². The predicted molar refractivity (Wildman–Crippen MR) is 148 cm³/mol. The molecule has 0 amide bonds. The van der Waals surface area contributed by atoms with Gasteiger partial charge in [-0.2, -0.15) is 0 Å². The summed E-state index contributed by atoms with van der Waals surface area (Å²) in [5, 5.41) is 13.6. The van der Waals surface area contributed by atoms with E-state index in [1.165, 1.54) is 0 Å². The molecule has 1 saturated heterocycles. The number of aryl methyl sites for hydroxylation is 2. The molecule has 2 N–H and O–H groups in total. The monoisotopic (exact) mass is 525 g/mol. The van der Waals surface area contributed by atoms with Gasteiger partial charge >= 0.3 is 5.97 Å². The Hall–Kier alpha value is -2.68. The largest absolute Gasteiger partial charge is 0.494 e. The molecule has 4 rings (SSSR count). The highest BCUT2D eigenvalue weighted by molar-refractivity contribution is 5.76. The molecular formula is C30H43N3O5. The van der Waals surface area contributed by atoms with Crippen LogP contribution in [0.3, 0.4) is 0 Å². The van der Waals surface area contributed by atoms with E-state index in [1.807, 2.05) is 56.0 Å². The van der Waals surface area contributed by atoms with E-state index in [-0.39, 0.29) is 11.7 Å². The SMILES string of the molecule is COc1cc(CCCCO[C@@H]2CCN(C(C(=O)O)c3ccccc3COC(C)(C)C)C2)nc2c1NCCC2. The number of ether oxygens (including phenoxy) is 3. The topological polar surface area (TPSA) is 93.2 Å². The zero-order valence-corrected chi connectivity index (χ0v) is 23.3. The number of carboxylic acid groups (broad SMARTS) is 1. The quantitative estimate of drug-likeness (QED) is 0.374. The molecule has 3 heterocycles. The van der Waals surface area contributed by atoms with Gasteiger partial charge in [-0.25, -0.2) is 0 Å². The standard InChI is InChI=1S/C30H43N3O5/c1-30(2,3)38-20-21-10-5-6-12-24(21)28(29(34)35)33-16-14-23(19-33)37-17-8-7-11-22-18-26(36-4)27-25(32-22)13-9-15-31-27/h5-6,10,12,18,23,28,31H,7-9,11,13-17,19-20H2,1-4H3,(H,34,35)/t23-,28?/m1/s1. The van der Waals surface area contributed by atoms with Crippen molar-refractivity contribution in [2.45, 2.75) is 83.6 Å². The first-order chi connectivity index (χ1) is 18.2. The van der Waals surface area contributed by atoms with Crippen molar-refractivity contribution in [1.29, 1.82) is 0 Å². The van der Waals surface area contributed by atoms with Crippen LogP contribution in [0.5, 0.6) is 5.75 Å². The van der Waals surface area contributed by atoms with E-state index >= 15 is 0 Å². The van der Waals surface area contributed by atoms with Crippen LogP contribution in [-0.2, 0) is 33.7 Å². The summed E-state index contributed by atoms with van der Waals surface area (Å²) in [5.41, 5.74) is 4.63. The number of hydrogen-bond acceptors (Lipinski definition) is 7. The third kappa shape index (κ3) is 7.46. The third-order valence-electron chi connectivity index (χ3n) is 7.19. The number of fused-ring (bicyclic) bond motifs is 1. The lowest BCUT2D eigenvalue weighted by atomic mass is 9.99. The van der Waals surface area contributed by atoms with Crippen LogP contribution in [0.1, 0.15) is 75.0 Å². The van der Waals surface area contributed by atoms with Crippen LogP contribution in [0.25, 0.3) is 0 Å². The molecule has 0 spiro atoms. The van der Waals surface area contributed by atoms with Gasteiger partial charge in [-0.05, 0) is 70.4 Å². The van der Waals surface area contributed by atoms with Gasteiger partial charge in [-0.15, -0.1) is 0 Å². The van der Waals surface area contributed by atoms with E-state index in [4.69, 9.17) is 19.2 Å². The molecule has 8 heteroatoms. The molecule has 0 bridgehead atoms. The molecule has 1 aromatic heterocycles. The summed E-state index contributed by atoms with van der Waals surface area (Å²) in [7, 11) is 1.71. The van der Waals surface area contributed by atoms with Gasteiger partial charge in [0, 0.05) is 38.0 Å². The second-order valence-electron chi connectivity index (χ2n) is 11.2. The molecule has 0 radical (unpaired) electrons. The lowest BCUT2D eigenvalue weighted by Crippen LogP contribution is -2.34. The Morgan fingerprint density at radius 1 is 1.26 bits per heavy atom. The van der Waals surface area contributed by atoms with Crippen molar-refractivity contribution >= 4 is 11.7 Å². The van der Waals surface area contributed by atoms with Crippen LogP contribution in [-0.4, -0.2) is 66.0 Å². The fourth-order valence-corrected chi connectivity index (χ4v) is 5.25. The first-order valence-corrected chi connectivity index (χ1v) is 13.9. The molecule has 0 saturated carbocycles. The number of rotatable bonds is 12. The number of methoxy groups -OCH3 is 1. The Labute approximate surface area is 226 Å². The number of pyridine rings is 1. The Kier molecular flexibility index (Phi) is 9.63. The number of hydrogen-bond donors (Lipinski definition) is 2. The first-order valence-electron chi connectivity index (χ1n) is 13.9. The Morgan fingerprint density at radius 2 is 2.08 bits per heavy atom. The summed E-state index contributed by atoms with van der Waals surface area (Å²) in [6, 6.07) is 9.05. The second-order valence-corrected chi connectivity index (χ2v) is 11.2. The smallest absolute Gasteiger partial charge is 0.325 e. The van der Waals surface area contributed by atoms with E-state index < -0.39 is 12.0 Å². The van der Waals surface area contributed by atoms with Crippen LogP contribution >= 0.6 is 0 Å². The highest BCUT2D eigenvalue weighted by Crippen LogP contribution is 2.32. The zero-order chi connectivity index (χ0) is 27.1. The molecule has 208 valence electrons. The number of carbonyl (C=O) groups is 1. The van der Waals surface area contributed by atoms with Crippen molar-refractivity contribution in [2.24, 2.45) is 0 Å². The minimum Gasteiger partial charge on any atom is -0.494 e. The Morgan fingerprint density at radius 3 is 2.84 bits per heavy atom. The average molecular weight is 526 g/mol. The van der Waals surface area contributed by atoms with Gasteiger partial charge < -0.3 is 24.6 Å². The summed E-state index contributed by atoms with van der Waals surface area (Å²) in [6.45, 7) is 9.34. The van der Waals surface area contributed by atoms with Crippen molar-refractivity contribution in [3.05, 3.63) is 52.8 Å². The van der Waals surface area contributed by atoms with E-state index in [0.717, 1.165) is 79.0 Å². The first kappa shape index (κ1) is 28.3. The molecule has 2 aliphatic heterocycles. The number of aromatic nitrogens is 1. The molecule has 1 unspecified atom stereocenters. The molecular weight excluding hydrogens is 482 g/mol. The number of nitrogens with zero attached hydrogens (tertiary/aromatic N) is 2. The number of unbranched alkanes of at least 4 members (excludes halogenated alkanes) is 1. The molecule has 1 aromatic carbocycles. The van der Waals surface area contributed by atoms with Crippen LogP contribution in [0.4, 0.5) is 5.69 Å². The lowest BCUT2D eigenvalue weighted by molar-refractivity contribution is -0.143. The van der Waals surface area contributed by atoms with Gasteiger partial charge in [0.15, 0.2) is 0 Å². The van der Waals surface area contributed by atoms with Gasteiger partial charge in [0.1, 0.15) is 11.8 Å². The Balaban J connectivity index is 1.27. The fourth-order valence-electron chi connectivity index (χ4n) is 5.25. The summed E-state index contributed by atoms with van der Waals surface area (Å²) >= 11 is 0. The molecule has 2 atom stereocenters.